The summed E-state index contributed by atoms with van der Waals surface area (Å²) in [4.78, 5) is 5.06. The van der Waals surface area contributed by atoms with E-state index in [0.717, 1.165) is 0 Å². The standard InChI is InChI=1S/C44H26BN3S/c1-3-12-28(13-4-1)46-36-20-11-21-37-40(36)45(33-23-22-27-24-25-49-44(27)43(33)47(37)29-14-5-2-6-15-29)41-38(46)26-32-30-16-7-9-18-34(30)48-35-19-10-8-17-31(35)39(41)42(32)48/h1-26H. The molecule has 10 aromatic rings. The van der Waals surface area contributed by atoms with E-state index in [1.165, 1.54) is 98.7 Å². The Bertz CT molecular complexity index is 2960. The summed E-state index contributed by atoms with van der Waals surface area (Å²) in [6.07, 6.45) is 0. The molecule has 0 saturated heterocycles. The lowest BCUT2D eigenvalue weighted by molar-refractivity contribution is 1.26. The Morgan fingerprint density at radius 2 is 1.14 bits per heavy atom. The van der Waals surface area contributed by atoms with Crippen LogP contribution in [-0.4, -0.2) is 11.1 Å². The van der Waals surface area contributed by atoms with Crippen LogP contribution in [0.15, 0.2) is 157 Å². The van der Waals surface area contributed by atoms with E-state index in [9.17, 15) is 0 Å². The number of fused-ring (bicyclic) bond motifs is 13. The van der Waals surface area contributed by atoms with Gasteiger partial charge in [0.1, 0.15) is 0 Å². The number of aromatic nitrogens is 1. The van der Waals surface area contributed by atoms with Gasteiger partial charge in [0.15, 0.2) is 0 Å². The first-order chi connectivity index (χ1) is 24.4. The molecule has 0 aliphatic carbocycles. The van der Waals surface area contributed by atoms with E-state index < -0.39 is 0 Å². The predicted octanol–water partition coefficient (Wildman–Crippen LogP) is 10.1. The van der Waals surface area contributed by atoms with Crippen LogP contribution < -0.4 is 26.2 Å². The van der Waals surface area contributed by atoms with E-state index in [0.29, 0.717) is 0 Å². The second-order valence-corrected chi connectivity index (χ2v) is 14.2. The fourth-order valence-corrected chi connectivity index (χ4v) is 10.1. The normalized spacial score (nSPS) is 13.6. The molecule has 49 heavy (non-hydrogen) atoms. The van der Waals surface area contributed by atoms with E-state index in [1.54, 1.807) is 0 Å². The van der Waals surface area contributed by atoms with E-state index >= 15 is 0 Å². The van der Waals surface area contributed by atoms with Gasteiger partial charge in [-0.1, -0.05) is 91.0 Å². The SMILES string of the molecule is c1ccc(N2c3cccc4c3B(c3ccc5ccsc5c3N4c3ccccc3)c3c2cc2c4ccccc4n4c5ccccc5c3c24)cc1. The molecule has 0 bridgehead atoms. The highest BCUT2D eigenvalue weighted by Gasteiger charge is 2.45. The van der Waals surface area contributed by atoms with Gasteiger partial charge in [0.25, 0.3) is 6.71 Å². The Morgan fingerprint density at radius 3 is 1.92 bits per heavy atom. The summed E-state index contributed by atoms with van der Waals surface area (Å²) >= 11 is 1.85. The van der Waals surface area contributed by atoms with Crippen molar-refractivity contribution in [1.29, 1.82) is 0 Å². The molecule has 0 spiro atoms. The van der Waals surface area contributed by atoms with Crippen molar-refractivity contribution in [3.63, 3.8) is 0 Å². The third kappa shape index (κ3) is 3.19. The molecule has 0 unspecified atom stereocenters. The minimum absolute atomic E-state index is 0.0413. The quantitative estimate of drug-likeness (QED) is 0.174. The highest BCUT2D eigenvalue weighted by Crippen LogP contribution is 2.49. The molecular weight excluding hydrogens is 613 g/mol. The van der Waals surface area contributed by atoms with Crippen LogP contribution in [-0.2, 0) is 0 Å². The number of thiophene rings is 1. The zero-order valence-corrected chi connectivity index (χ0v) is 27.2. The first-order valence-electron chi connectivity index (χ1n) is 16.9. The first-order valence-corrected chi connectivity index (χ1v) is 17.8. The summed E-state index contributed by atoms with van der Waals surface area (Å²) in [5.41, 5.74) is 15.3. The van der Waals surface area contributed by atoms with Gasteiger partial charge in [-0.3, -0.25) is 0 Å². The molecule has 2 aliphatic heterocycles. The Morgan fingerprint density at radius 1 is 0.490 bits per heavy atom. The summed E-state index contributed by atoms with van der Waals surface area (Å²) < 4.78 is 3.85. The van der Waals surface area contributed by atoms with E-state index in [4.69, 9.17) is 0 Å². The summed E-state index contributed by atoms with van der Waals surface area (Å²) in [7, 11) is 0. The monoisotopic (exact) mass is 639 g/mol. The molecule has 12 rings (SSSR count). The molecule has 3 aromatic heterocycles. The molecule has 0 N–H and O–H groups in total. The number of hydrogen-bond acceptors (Lipinski definition) is 3. The third-order valence-electron chi connectivity index (χ3n) is 10.9. The van der Waals surface area contributed by atoms with E-state index in [2.05, 4.69) is 171 Å². The third-order valence-corrected chi connectivity index (χ3v) is 11.9. The number of nitrogens with zero attached hydrogens (tertiary/aromatic N) is 3. The maximum atomic E-state index is 2.53. The molecule has 0 saturated carbocycles. The minimum atomic E-state index is 0.0413. The topological polar surface area (TPSA) is 10.9 Å². The van der Waals surface area contributed by atoms with Crippen molar-refractivity contribution in [1.82, 2.24) is 4.40 Å². The van der Waals surface area contributed by atoms with Gasteiger partial charge in [-0.25, -0.2) is 0 Å². The zero-order valence-electron chi connectivity index (χ0n) is 26.3. The van der Waals surface area contributed by atoms with Crippen molar-refractivity contribution in [2.75, 3.05) is 9.80 Å². The molecule has 3 nitrogen and oxygen atoms in total. The van der Waals surface area contributed by atoms with E-state index in [1.807, 2.05) is 11.3 Å². The summed E-state index contributed by atoms with van der Waals surface area (Å²) in [6.45, 7) is 0.0413. The maximum absolute atomic E-state index is 2.53. The van der Waals surface area contributed by atoms with Gasteiger partial charge in [-0.15, -0.1) is 11.3 Å². The molecule has 2 aliphatic rings. The second-order valence-electron chi connectivity index (χ2n) is 13.3. The predicted molar refractivity (Wildman–Crippen MR) is 211 cm³/mol. The van der Waals surface area contributed by atoms with Gasteiger partial charge in [-0.05, 0) is 87.8 Å². The van der Waals surface area contributed by atoms with Crippen molar-refractivity contribution in [2.45, 2.75) is 0 Å². The van der Waals surface area contributed by atoms with Crippen LogP contribution in [0, 0.1) is 0 Å². The first kappa shape index (κ1) is 26.0. The van der Waals surface area contributed by atoms with E-state index in [-0.39, 0.29) is 6.71 Å². The lowest BCUT2D eigenvalue weighted by Gasteiger charge is -2.44. The largest absolute Gasteiger partial charge is 0.311 e. The van der Waals surface area contributed by atoms with Crippen LogP contribution >= 0.6 is 11.3 Å². The van der Waals surface area contributed by atoms with Crippen LogP contribution in [0.2, 0.25) is 0 Å². The fraction of sp³-hybridized carbons (Fsp3) is 0. The Hall–Kier alpha value is -6.04. The molecule has 5 heteroatoms. The van der Waals surface area contributed by atoms with Crippen LogP contribution in [0.5, 0.6) is 0 Å². The van der Waals surface area contributed by atoms with Gasteiger partial charge in [-0.2, -0.15) is 0 Å². The van der Waals surface area contributed by atoms with Crippen LogP contribution in [0.1, 0.15) is 0 Å². The molecule has 226 valence electrons. The second kappa shape index (κ2) is 9.31. The van der Waals surface area contributed by atoms with Gasteiger partial charge in [0.2, 0.25) is 0 Å². The number of para-hydroxylation sites is 4. The molecule has 5 heterocycles. The molecule has 0 amide bonds. The van der Waals surface area contributed by atoms with Gasteiger partial charge < -0.3 is 14.2 Å². The minimum Gasteiger partial charge on any atom is -0.311 e. The molecule has 7 aromatic carbocycles. The number of anilines is 6. The van der Waals surface area contributed by atoms with Crippen LogP contribution in [0.25, 0.3) is 48.2 Å². The molecular formula is C44H26BN3S. The van der Waals surface area contributed by atoms with Crippen molar-refractivity contribution in [2.24, 2.45) is 0 Å². The average molecular weight is 640 g/mol. The highest BCUT2D eigenvalue weighted by molar-refractivity contribution is 7.18. The van der Waals surface area contributed by atoms with Gasteiger partial charge >= 0.3 is 0 Å². The number of rotatable bonds is 2. The van der Waals surface area contributed by atoms with Crippen molar-refractivity contribution in [3.8, 4) is 0 Å². The van der Waals surface area contributed by atoms with Crippen molar-refractivity contribution >= 4 is 117 Å². The van der Waals surface area contributed by atoms with Crippen molar-refractivity contribution < 1.29 is 0 Å². The Labute approximate surface area is 286 Å². The Kier molecular flexibility index (Phi) is 4.94. The number of benzene rings is 7. The lowest BCUT2D eigenvalue weighted by atomic mass is 9.33. The van der Waals surface area contributed by atoms with Gasteiger partial charge in [0.05, 0.1) is 26.9 Å². The lowest BCUT2D eigenvalue weighted by Crippen LogP contribution is -2.61. The van der Waals surface area contributed by atoms with Crippen molar-refractivity contribution in [3.05, 3.63) is 157 Å². The average Bonchev–Trinajstić information content (AvgIpc) is 3.87. The van der Waals surface area contributed by atoms with Crippen LogP contribution in [0.3, 0.4) is 0 Å². The Balaban J connectivity index is 1.32. The van der Waals surface area contributed by atoms with Gasteiger partial charge in [0, 0.05) is 50.0 Å². The molecule has 0 fully saturated rings. The molecule has 0 atom stereocenters. The number of hydrogen-bond donors (Lipinski definition) is 0. The summed E-state index contributed by atoms with van der Waals surface area (Å²) in [5, 5.41) is 8.79. The summed E-state index contributed by atoms with van der Waals surface area (Å²) in [5.74, 6) is 0. The zero-order chi connectivity index (χ0) is 31.8. The van der Waals surface area contributed by atoms with Crippen LogP contribution in [0.4, 0.5) is 34.1 Å². The maximum Gasteiger partial charge on any atom is 0.253 e. The smallest absolute Gasteiger partial charge is 0.253 e. The summed E-state index contributed by atoms with van der Waals surface area (Å²) in [6, 6.07) is 56.3. The fourth-order valence-electron chi connectivity index (χ4n) is 9.14. The highest BCUT2D eigenvalue weighted by atomic mass is 32.1. The molecule has 0 radical (unpaired) electrons.